The van der Waals surface area contributed by atoms with E-state index in [-0.39, 0.29) is 11.9 Å². The Morgan fingerprint density at radius 1 is 1.89 bits per heavy atom. The number of likely N-dealkylation sites (tertiary alicyclic amines) is 1. The predicted octanol–water partition coefficient (Wildman–Crippen LogP) is -0.620. The normalized spacial score (nSPS) is 28.8. The molecule has 1 heterocycles. The highest BCUT2D eigenvalue weighted by Crippen LogP contribution is 2.11. The molecule has 51 valence electrons. The van der Waals surface area contributed by atoms with E-state index in [1.54, 1.807) is 0 Å². The van der Waals surface area contributed by atoms with Crippen molar-refractivity contribution >= 4 is 5.91 Å². The van der Waals surface area contributed by atoms with Gasteiger partial charge in [-0.1, -0.05) is 0 Å². The summed E-state index contributed by atoms with van der Waals surface area (Å²) >= 11 is 0. The molecule has 0 unspecified atom stereocenters. The monoisotopic (exact) mass is 127 g/mol. The average molecular weight is 127 g/mol. The summed E-state index contributed by atoms with van der Waals surface area (Å²) in [5.74, 6) is -0.241. The molecule has 0 spiro atoms. The van der Waals surface area contributed by atoms with Crippen molar-refractivity contribution in [2.75, 3.05) is 13.6 Å². The summed E-state index contributed by atoms with van der Waals surface area (Å²) in [4.78, 5) is 12.5. The van der Waals surface area contributed by atoms with Gasteiger partial charge in [0.2, 0.25) is 5.91 Å². The molecule has 1 amide bonds. The van der Waals surface area contributed by atoms with Gasteiger partial charge in [-0.05, 0) is 26.4 Å². The van der Waals surface area contributed by atoms with Crippen LogP contribution in [0, 0.1) is 6.42 Å². The zero-order valence-electron chi connectivity index (χ0n) is 5.50. The van der Waals surface area contributed by atoms with Gasteiger partial charge in [-0.3, -0.25) is 9.69 Å². The summed E-state index contributed by atoms with van der Waals surface area (Å²) in [6.45, 7) is 0.952. The van der Waals surface area contributed by atoms with Crippen molar-refractivity contribution in [3.05, 3.63) is 6.42 Å². The van der Waals surface area contributed by atoms with Crippen molar-refractivity contribution in [2.24, 2.45) is 5.73 Å². The molecule has 3 heteroatoms. The summed E-state index contributed by atoms with van der Waals surface area (Å²) < 4.78 is 0. The first-order valence-electron chi connectivity index (χ1n) is 3.04. The predicted molar refractivity (Wildman–Crippen MR) is 34.5 cm³/mol. The molecular formula is C6H11N2O. The Labute approximate surface area is 54.8 Å². The molecule has 2 N–H and O–H groups in total. The van der Waals surface area contributed by atoms with Gasteiger partial charge < -0.3 is 5.73 Å². The van der Waals surface area contributed by atoms with Gasteiger partial charge >= 0.3 is 0 Å². The third-order valence-electron chi connectivity index (χ3n) is 1.64. The molecule has 9 heavy (non-hydrogen) atoms. The molecular weight excluding hydrogens is 116 g/mol. The van der Waals surface area contributed by atoms with Crippen LogP contribution in [-0.2, 0) is 4.79 Å². The van der Waals surface area contributed by atoms with Crippen molar-refractivity contribution < 1.29 is 4.79 Å². The number of rotatable bonds is 1. The molecule has 1 rings (SSSR count). The van der Waals surface area contributed by atoms with E-state index in [1.807, 2.05) is 18.4 Å². The lowest BCUT2D eigenvalue weighted by Crippen LogP contribution is -2.37. The van der Waals surface area contributed by atoms with Gasteiger partial charge in [0.05, 0.1) is 6.04 Å². The smallest absolute Gasteiger partial charge is 0.235 e. The van der Waals surface area contributed by atoms with Crippen molar-refractivity contribution in [2.45, 2.75) is 12.5 Å². The Hall–Kier alpha value is -0.570. The van der Waals surface area contributed by atoms with E-state index in [2.05, 4.69) is 0 Å². The van der Waals surface area contributed by atoms with Crippen LogP contribution < -0.4 is 5.73 Å². The van der Waals surface area contributed by atoms with E-state index >= 15 is 0 Å². The Bertz CT molecular complexity index is 124. The number of amides is 1. The summed E-state index contributed by atoms with van der Waals surface area (Å²) in [5.41, 5.74) is 5.08. The molecule has 0 saturated carbocycles. The van der Waals surface area contributed by atoms with Crippen molar-refractivity contribution in [1.82, 2.24) is 4.90 Å². The maximum absolute atomic E-state index is 10.6. The van der Waals surface area contributed by atoms with Gasteiger partial charge in [-0.25, -0.2) is 0 Å². The zero-order valence-corrected chi connectivity index (χ0v) is 5.50. The minimum absolute atomic E-state index is 0.120. The minimum Gasteiger partial charge on any atom is -0.368 e. The van der Waals surface area contributed by atoms with E-state index in [1.165, 1.54) is 0 Å². The molecule has 0 aromatic carbocycles. The maximum atomic E-state index is 10.6. The average Bonchev–Trinajstić information content (AvgIpc) is 2.13. The van der Waals surface area contributed by atoms with Gasteiger partial charge in [0.25, 0.3) is 0 Å². The Kier molecular flexibility index (Phi) is 1.71. The first-order chi connectivity index (χ1) is 4.22. The molecule has 1 aliphatic heterocycles. The van der Waals surface area contributed by atoms with Crippen molar-refractivity contribution in [1.29, 1.82) is 0 Å². The Morgan fingerprint density at radius 3 is 2.78 bits per heavy atom. The summed E-state index contributed by atoms with van der Waals surface area (Å²) in [6, 6.07) is -0.120. The van der Waals surface area contributed by atoms with Gasteiger partial charge in [0.1, 0.15) is 0 Å². The molecule has 1 aliphatic rings. The number of hydrogen-bond donors (Lipinski definition) is 1. The quantitative estimate of drug-likeness (QED) is 0.510. The molecule has 1 fully saturated rings. The second-order valence-electron chi connectivity index (χ2n) is 2.35. The number of nitrogens with zero attached hydrogens (tertiary/aromatic N) is 1. The number of likely N-dealkylation sites (N-methyl/N-ethyl adjacent to an activating group) is 1. The maximum Gasteiger partial charge on any atom is 0.235 e. The van der Waals surface area contributed by atoms with Gasteiger partial charge in [0.15, 0.2) is 0 Å². The Morgan fingerprint density at radius 2 is 2.56 bits per heavy atom. The third-order valence-corrected chi connectivity index (χ3v) is 1.64. The van der Waals surface area contributed by atoms with Crippen LogP contribution >= 0.6 is 0 Å². The van der Waals surface area contributed by atoms with Crippen LogP contribution in [0.1, 0.15) is 6.42 Å². The van der Waals surface area contributed by atoms with E-state index in [9.17, 15) is 4.79 Å². The number of primary amides is 1. The zero-order chi connectivity index (χ0) is 6.85. The molecule has 0 aromatic rings. The van der Waals surface area contributed by atoms with E-state index in [4.69, 9.17) is 5.73 Å². The van der Waals surface area contributed by atoms with E-state index in [0.29, 0.717) is 0 Å². The molecule has 1 saturated heterocycles. The van der Waals surface area contributed by atoms with Gasteiger partial charge in [0, 0.05) is 0 Å². The molecule has 1 atom stereocenters. The van der Waals surface area contributed by atoms with E-state index in [0.717, 1.165) is 13.0 Å². The molecule has 3 nitrogen and oxygen atoms in total. The lowest BCUT2D eigenvalue weighted by atomic mass is 10.2. The SMILES string of the molecule is CN1CC[CH][C@H]1C(N)=O. The largest absolute Gasteiger partial charge is 0.368 e. The lowest BCUT2D eigenvalue weighted by molar-refractivity contribution is -0.120. The number of hydrogen-bond acceptors (Lipinski definition) is 2. The summed E-state index contributed by atoms with van der Waals surface area (Å²) in [5, 5.41) is 0. The first kappa shape index (κ1) is 6.55. The fraction of sp³-hybridized carbons (Fsp3) is 0.667. The van der Waals surface area contributed by atoms with Crippen LogP contribution in [-0.4, -0.2) is 30.4 Å². The fourth-order valence-corrected chi connectivity index (χ4v) is 1.09. The molecule has 0 aromatic heterocycles. The fourth-order valence-electron chi connectivity index (χ4n) is 1.09. The van der Waals surface area contributed by atoms with Crippen LogP contribution in [0.2, 0.25) is 0 Å². The van der Waals surface area contributed by atoms with Crippen LogP contribution in [0.3, 0.4) is 0 Å². The van der Waals surface area contributed by atoms with Crippen molar-refractivity contribution in [3.63, 3.8) is 0 Å². The van der Waals surface area contributed by atoms with Crippen LogP contribution in [0.5, 0.6) is 0 Å². The minimum atomic E-state index is -0.241. The third kappa shape index (κ3) is 1.21. The van der Waals surface area contributed by atoms with Gasteiger partial charge in [-0.2, -0.15) is 0 Å². The second kappa shape index (κ2) is 2.35. The topological polar surface area (TPSA) is 46.3 Å². The van der Waals surface area contributed by atoms with Gasteiger partial charge in [-0.15, -0.1) is 0 Å². The van der Waals surface area contributed by atoms with Crippen LogP contribution in [0.25, 0.3) is 0 Å². The van der Waals surface area contributed by atoms with E-state index < -0.39 is 0 Å². The molecule has 0 bridgehead atoms. The van der Waals surface area contributed by atoms with Crippen LogP contribution in [0.4, 0.5) is 0 Å². The highest BCUT2D eigenvalue weighted by atomic mass is 16.1. The highest BCUT2D eigenvalue weighted by Gasteiger charge is 2.25. The number of carbonyl (C=O) groups is 1. The lowest BCUT2D eigenvalue weighted by Gasteiger charge is -2.14. The Balaban J connectivity index is 2.49. The van der Waals surface area contributed by atoms with Crippen LogP contribution in [0.15, 0.2) is 0 Å². The van der Waals surface area contributed by atoms with Crippen molar-refractivity contribution in [3.8, 4) is 0 Å². The molecule has 1 radical (unpaired) electrons. The first-order valence-corrected chi connectivity index (χ1v) is 3.04. The summed E-state index contributed by atoms with van der Waals surface area (Å²) in [7, 11) is 1.90. The number of carbonyl (C=O) groups excluding carboxylic acids is 1. The highest BCUT2D eigenvalue weighted by molar-refractivity contribution is 5.81. The standard InChI is InChI=1S/C6H11N2O/c1-8-4-2-3-5(8)6(7)9/h3,5H,2,4H2,1H3,(H2,7,9)/t5-/m0/s1. The summed E-state index contributed by atoms with van der Waals surface area (Å²) in [6.07, 6.45) is 2.92. The molecule has 0 aliphatic carbocycles. The number of nitrogens with two attached hydrogens (primary N) is 1. The second-order valence-corrected chi connectivity index (χ2v) is 2.35.